The largest absolute Gasteiger partial charge is 0.393 e. The van der Waals surface area contributed by atoms with Gasteiger partial charge in [0.25, 0.3) is 0 Å². The van der Waals surface area contributed by atoms with Gasteiger partial charge in [0.1, 0.15) is 16.9 Å². The fraction of sp³-hybridized carbons (Fsp3) is 0.615. The lowest BCUT2D eigenvalue weighted by Crippen LogP contribution is -2.40. The van der Waals surface area contributed by atoms with E-state index in [0.29, 0.717) is 23.4 Å². The minimum Gasteiger partial charge on any atom is -0.393 e. The number of aryl methyl sites for hydroxylation is 1. The molecule has 1 saturated carbocycles. The molecule has 3 aromatic rings. The molecule has 0 amide bonds. The number of hydrogen-bond acceptors (Lipinski definition) is 8. The van der Waals surface area contributed by atoms with Crippen LogP contribution in [0, 0.1) is 0 Å². The minimum absolute atomic E-state index is 0.203. The van der Waals surface area contributed by atoms with Crippen LogP contribution in [0.2, 0.25) is 0 Å². The van der Waals surface area contributed by atoms with Crippen LogP contribution in [0.3, 0.4) is 0 Å². The summed E-state index contributed by atoms with van der Waals surface area (Å²) in [6.45, 7) is 8.85. The van der Waals surface area contributed by atoms with Gasteiger partial charge in [-0.25, -0.2) is 15.0 Å². The van der Waals surface area contributed by atoms with Crippen molar-refractivity contribution in [2.75, 3.05) is 24.1 Å². The zero-order valence-electron chi connectivity index (χ0n) is 21.1. The molecule has 9 nitrogen and oxygen atoms in total. The highest BCUT2D eigenvalue weighted by molar-refractivity contribution is 5.96. The van der Waals surface area contributed by atoms with Gasteiger partial charge in [-0.05, 0) is 51.9 Å². The van der Waals surface area contributed by atoms with Gasteiger partial charge in [0.2, 0.25) is 0 Å². The molecule has 9 heteroatoms. The number of aliphatic hydroxyl groups excluding tert-OH is 1. The number of piperidine rings is 1. The lowest BCUT2D eigenvalue weighted by atomic mass is 10.0. The van der Waals surface area contributed by atoms with Crippen molar-refractivity contribution >= 4 is 22.7 Å². The maximum atomic E-state index is 9.96. The number of fused-ring (bicyclic) bond motifs is 1. The minimum atomic E-state index is -0.246. The van der Waals surface area contributed by atoms with Crippen LogP contribution in [-0.4, -0.2) is 66.0 Å². The van der Waals surface area contributed by atoms with Crippen LogP contribution in [-0.2, 0) is 6.42 Å². The Hall–Kier alpha value is -2.78. The van der Waals surface area contributed by atoms with Crippen molar-refractivity contribution in [2.24, 2.45) is 0 Å². The summed E-state index contributed by atoms with van der Waals surface area (Å²) in [6, 6.07) is 1.24. The molecule has 0 radical (unpaired) electrons. The Kier molecular flexibility index (Phi) is 6.88. The topological polar surface area (TPSA) is 118 Å². The standard InChI is InChI=1S/C26H38N8O/c1-4-16(3)33-10-8-19(9-11-33)34-15-17(13-29-34)21-14-28-25(27)24-23(21)32-26(22(5-2)31-24)30-18-6-7-20(35)12-18/h13-16,18-20,35H,4-12H2,1-3H3,(H2,27,28)(H,30,32)/t16?,18-,20+/m1/s1. The fourth-order valence-corrected chi connectivity index (χ4v) is 5.47. The molecule has 5 rings (SSSR count). The number of likely N-dealkylation sites (tertiary alicyclic amines) is 1. The molecule has 2 fully saturated rings. The van der Waals surface area contributed by atoms with Crippen molar-refractivity contribution in [3.05, 3.63) is 24.3 Å². The van der Waals surface area contributed by atoms with Crippen LogP contribution in [0.5, 0.6) is 0 Å². The molecule has 35 heavy (non-hydrogen) atoms. The number of nitrogens with two attached hydrogens (primary N) is 1. The second kappa shape index (κ2) is 10.1. The molecule has 188 valence electrons. The first-order valence-electron chi connectivity index (χ1n) is 13.1. The third-order valence-electron chi connectivity index (χ3n) is 7.88. The highest BCUT2D eigenvalue weighted by Crippen LogP contribution is 2.33. The van der Waals surface area contributed by atoms with Crippen LogP contribution in [0.1, 0.15) is 71.0 Å². The van der Waals surface area contributed by atoms with Crippen LogP contribution in [0.4, 0.5) is 11.6 Å². The van der Waals surface area contributed by atoms with Crippen molar-refractivity contribution in [1.82, 2.24) is 29.6 Å². The van der Waals surface area contributed by atoms with Crippen molar-refractivity contribution in [3.63, 3.8) is 0 Å². The highest BCUT2D eigenvalue weighted by Gasteiger charge is 2.26. The zero-order chi connectivity index (χ0) is 24.5. The van der Waals surface area contributed by atoms with E-state index in [0.717, 1.165) is 79.8 Å². The first-order valence-corrected chi connectivity index (χ1v) is 13.1. The molecular formula is C26H38N8O. The monoisotopic (exact) mass is 478 g/mol. The number of nitrogen functional groups attached to an aromatic ring is 1. The molecule has 1 aliphatic carbocycles. The molecule has 1 unspecified atom stereocenters. The van der Waals surface area contributed by atoms with Crippen LogP contribution >= 0.6 is 0 Å². The number of nitrogens with zero attached hydrogens (tertiary/aromatic N) is 6. The molecule has 2 aliphatic rings. The van der Waals surface area contributed by atoms with Crippen LogP contribution < -0.4 is 11.1 Å². The van der Waals surface area contributed by atoms with Gasteiger partial charge in [0.05, 0.1) is 24.0 Å². The summed E-state index contributed by atoms with van der Waals surface area (Å²) in [5, 5.41) is 18.2. The van der Waals surface area contributed by atoms with Crippen molar-refractivity contribution in [2.45, 2.75) is 89.9 Å². The zero-order valence-corrected chi connectivity index (χ0v) is 21.1. The van der Waals surface area contributed by atoms with Gasteiger partial charge in [-0.3, -0.25) is 4.68 Å². The quantitative estimate of drug-likeness (QED) is 0.469. The molecule has 0 spiro atoms. The van der Waals surface area contributed by atoms with Gasteiger partial charge in [0, 0.05) is 48.7 Å². The van der Waals surface area contributed by atoms with E-state index in [9.17, 15) is 5.11 Å². The summed E-state index contributed by atoms with van der Waals surface area (Å²) in [7, 11) is 0. The number of pyridine rings is 1. The molecule has 3 atom stereocenters. The van der Waals surface area contributed by atoms with E-state index in [4.69, 9.17) is 20.8 Å². The Morgan fingerprint density at radius 1 is 1.11 bits per heavy atom. The average Bonchev–Trinajstić information content (AvgIpc) is 3.53. The van der Waals surface area contributed by atoms with Gasteiger partial charge in [-0.2, -0.15) is 5.10 Å². The fourth-order valence-electron chi connectivity index (χ4n) is 5.47. The smallest absolute Gasteiger partial charge is 0.151 e. The number of anilines is 2. The van der Waals surface area contributed by atoms with E-state index in [1.165, 1.54) is 6.42 Å². The van der Waals surface area contributed by atoms with Crippen molar-refractivity contribution < 1.29 is 5.11 Å². The van der Waals surface area contributed by atoms with Crippen molar-refractivity contribution in [1.29, 1.82) is 0 Å². The van der Waals surface area contributed by atoms with E-state index in [1.807, 2.05) is 6.20 Å². The summed E-state index contributed by atoms with van der Waals surface area (Å²) >= 11 is 0. The second-order valence-electron chi connectivity index (χ2n) is 10.2. The summed E-state index contributed by atoms with van der Waals surface area (Å²) in [4.78, 5) is 16.9. The summed E-state index contributed by atoms with van der Waals surface area (Å²) in [6.07, 6.45) is 12.2. The Bertz CT molecular complexity index is 1170. The third kappa shape index (κ3) is 4.84. The highest BCUT2D eigenvalue weighted by atomic mass is 16.3. The molecule has 0 bridgehead atoms. The van der Waals surface area contributed by atoms with E-state index in [2.05, 4.69) is 46.9 Å². The van der Waals surface area contributed by atoms with Gasteiger partial charge in [-0.1, -0.05) is 13.8 Å². The van der Waals surface area contributed by atoms with E-state index >= 15 is 0 Å². The number of aromatic nitrogens is 5. The van der Waals surface area contributed by atoms with E-state index in [-0.39, 0.29) is 12.1 Å². The van der Waals surface area contributed by atoms with Gasteiger partial charge in [0.15, 0.2) is 5.82 Å². The number of nitrogens with one attached hydrogen (secondary N) is 1. The predicted octanol–water partition coefficient (Wildman–Crippen LogP) is 3.79. The summed E-state index contributed by atoms with van der Waals surface area (Å²) in [5.74, 6) is 1.16. The Labute approximate surface area is 207 Å². The predicted molar refractivity (Wildman–Crippen MR) is 139 cm³/mol. The van der Waals surface area contributed by atoms with Crippen LogP contribution in [0.15, 0.2) is 18.6 Å². The van der Waals surface area contributed by atoms with E-state index < -0.39 is 0 Å². The maximum absolute atomic E-state index is 9.96. The number of hydrogen-bond donors (Lipinski definition) is 3. The second-order valence-corrected chi connectivity index (χ2v) is 10.2. The lowest BCUT2D eigenvalue weighted by molar-refractivity contribution is 0.136. The molecular weight excluding hydrogens is 440 g/mol. The van der Waals surface area contributed by atoms with Gasteiger partial charge in [-0.15, -0.1) is 0 Å². The molecule has 3 aromatic heterocycles. The Morgan fingerprint density at radius 3 is 2.60 bits per heavy atom. The lowest BCUT2D eigenvalue weighted by Gasteiger charge is -2.35. The van der Waals surface area contributed by atoms with Crippen molar-refractivity contribution in [3.8, 4) is 11.1 Å². The third-order valence-corrected chi connectivity index (χ3v) is 7.88. The molecule has 1 aliphatic heterocycles. The first-order chi connectivity index (χ1) is 17.0. The average molecular weight is 479 g/mol. The first kappa shape index (κ1) is 23.9. The Morgan fingerprint density at radius 2 is 1.91 bits per heavy atom. The summed E-state index contributed by atoms with van der Waals surface area (Å²) in [5.41, 5.74) is 10.3. The molecule has 0 aromatic carbocycles. The summed E-state index contributed by atoms with van der Waals surface area (Å²) < 4.78 is 2.11. The van der Waals surface area contributed by atoms with Gasteiger partial charge < -0.3 is 21.1 Å². The van der Waals surface area contributed by atoms with Gasteiger partial charge >= 0.3 is 0 Å². The number of aliphatic hydroxyl groups is 1. The van der Waals surface area contributed by atoms with E-state index in [1.54, 1.807) is 6.20 Å². The molecule has 1 saturated heterocycles. The Balaban J connectivity index is 1.44. The number of rotatable bonds is 7. The maximum Gasteiger partial charge on any atom is 0.151 e. The molecule has 4 N–H and O–H groups in total. The SMILES string of the molecule is CCc1nc2c(N)ncc(-c3cnn(C4CCN(C(C)CC)CC4)c3)c2nc1N[C@@H]1CC[C@H](O)C1. The van der Waals surface area contributed by atoms with Crippen LogP contribution in [0.25, 0.3) is 22.2 Å². The molecule has 4 heterocycles. The normalized spacial score (nSPS) is 22.6.